The Labute approximate surface area is 151 Å². The van der Waals surface area contributed by atoms with Crippen molar-refractivity contribution < 1.29 is 13.9 Å². The Kier molecular flexibility index (Phi) is 4.24. The van der Waals surface area contributed by atoms with Gasteiger partial charge < -0.3 is 4.74 Å². The summed E-state index contributed by atoms with van der Waals surface area (Å²) < 4.78 is 19.2. The normalized spacial score (nSPS) is 10.7. The van der Waals surface area contributed by atoms with Crippen LogP contribution in [0, 0.1) is 5.82 Å². The Morgan fingerprint density at radius 3 is 2.50 bits per heavy atom. The zero-order valence-electron chi connectivity index (χ0n) is 13.2. The van der Waals surface area contributed by atoms with Gasteiger partial charge >= 0.3 is 6.01 Å². The van der Waals surface area contributed by atoms with Gasteiger partial charge in [-0.25, -0.2) is 19.3 Å². The predicted octanol–water partition coefficient (Wildman–Crippen LogP) is 4.27. The van der Waals surface area contributed by atoms with Crippen LogP contribution in [0.15, 0.2) is 60.9 Å². The van der Waals surface area contributed by atoms with Crippen molar-refractivity contribution in [1.29, 1.82) is 0 Å². The lowest BCUT2D eigenvalue weighted by atomic mass is 10.2. The lowest BCUT2D eigenvalue weighted by Crippen LogP contribution is -2.11. The molecule has 0 bridgehead atoms. The Morgan fingerprint density at radius 1 is 1.04 bits per heavy atom. The van der Waals surface area contributed by atoms with E-state index in [0.717, 1.165) is 22.6 Å². The Bertz CT molecular complexity index is 1030. The number of aromatic nitrogens is 3. The van der Waals surface area contributed by atoms with E-state index >= 15 is 0 Å². The summed E-state index contributed by atoms with van der Waals surface area (Å²) in [7, 11) is 0. The fourth-order valence-corrected chi connectivity index (χ4v) is 3.09. The van der Waals surface area contributed by atoms with Crippen molar-refractivity contribution in [2.75, 3.05) is 5.32 Å². The van der Waals surface area contributed by atoms with Crippen LogP contribution in [0.25, 0.3) is 10.2 Å². The number of benzene rings is 2. The fourth-order valence-electron chi connectivity index (χ4n) is 2.23. The summed E-state index contributed by atoms with van der Waals surface area (Å²) in [6, 6.07) is 14.1. The maximum atomic E-state index is 12.8. The number of hydrogen-bond acceptors (Lipinski definition) is 6. The molecule has 8 heteroatoms. The van der Waals surface area contributed by atoms with E-state index in [9.17, 15) is 9.18 Å². The van der Waals surface area contributed by atoms with E-state index in [1.807, 2.05) is 24.3 Å². The molecule has 0 atom stereocenters. The van der Waals surface area contributed by atoms with E-state index in [-0.39, 0.29) is 11.9 Å². The number of nitrogens with one attached hydrogen (secondary N) is 1. The molecule has 1 amide bonds. The molecule has 2 heterocycles. The van der Waals surface area contributed by atoms with Crippen molar-refractivity contribution in [1.82, 2.24) is 15.0 Å². The Hall–Kier alpha value is -3.39. The smallest absolute Gasteiger partial charge is 0.322 e. The molecule has 1 N–H and O–H groups in total. The van der Waals surface area contributed by atoms with Gasteiger partial charge in [0.25, 0.3) is 5.91 Å². The number of carbonyl (C=O) groups excluding carboxylic acids is 1. The number of ether oxygens (including phenoxy) is 1. The maximum Gasteiger partial charge on any atom is 0.322 e. The summed E-state index contributed by atoms with van der Waals surface area (Å²) in [6.07, 6.45) is 2.03. The van der Waals surface area contributed by atoms with Crippen molar-refractivity contribution in [3.8, 4) is 11.8 Å². The first-order valence-corrected chi connectivity index (χ1v) is 8.41. The van der Waals surface area contributed by atoms with E-state index < -0.39 is 5.82 Å². The lowest BCUT2D eigenvalue weighted by molar-refractivity contribution is 0.102. The minimum absolute atomic E-state index is 0.0260. The highest BCUT2D eigenvalue weighted by atomic mass is 32.1. The second-order valence-electron chi connectivity index (χ2n) is 5.25. The van der Waals surface area contributed by atoms with Crippen molar-refractivity contribution >= 4 is 32.6 Å². The number of amides is 1. The minimum atomic E-state index is -0.542. The number of fused-ring (bicyclic) bond motifs is 1. The number of para-hydroxylation sites is 1. The fraction of sp³-hybridized carbons (Fsp3) is 0. The topological polar surface area (TPSA) is 77.0 Å². The van der Waals surface area contributed by atoms with Gasteiger partial charge in [0.05, 0.1) is 22.6 Å². The third-order valence-corrected chi connectivity index (χ3v) is 4.39. The summed E-state index contributed by atoms with van der Waals surface area (Å²) in [5.74, 6) is -0.374. The molecule has 4 rings (SSSR count). The Balaban J connectivity index is 1.45. The zero-order valence-corrected chi connectivity index (χ0v) is 14.0. The van der Waals surface area contributed by atoms with E-state index in [2.05, 4.69) is 20.3 Å². The van der Waals surface area contributed by atoms with E-state index in [4.69, 9.17) is 4.74 Å². The first kappa shape index (κ1) is 16.1. The molecule has 6 nitrogen and oxygen atoms in total. The number of rotatable bonds is 4. The van der Waals surface area contributed by atoms with E-state index in [0.29, 0.717) is 16.4 Å². The highest BCUT2D eigenvalue weighted by Gasteiger charge is 2.10. The molecule has 0 unspecified atom stereocenters. The lowest BCUT2D eigenvalue weighted by Gasteiger charge is -2.05. The molecular formula is C18H11FN4O2S. The molecule has 26 heavy (non-hydrogen) atoms. The van der Waals surface area contributed by atoms with E-state index in [1.165, 1.54) is 11.3 Å². The van der Waals surface area contributed by atoms with Crippen molar-refractivity contribution in [3.63, 3.8) is 0 Å². The second-order valence-corrected chi connectivity index (χ2v) is 6.28. The maximum absolute atomic E-state index is 12.8. The van der Waals surface area contributed by atoms with Crippen LogP contribution in [0.1, 0.15) is 10.4 Å². The van der Waals surface area contributed by atoms with Crippen molar-refractivity contribution in [2.45, 2.75) is 0 Å². The Morgan fingerprint density at radius 2 is 1.77 bits per heavy atom. The molecule has 0 saturated carbocycles. The van der Waals surface area contributed by atoms with Crippen molar-refractivity contribution in [3.05, 3.63) is 72.3 Å². The number of carbonyl (C=O) groups is 1. The van der Waals surface area contributed by atoms with E-state index in [1.54, 1.807) is 24.3 Å². The minimum Gasteiger partial charge on any atom is -0.424 e. The highest BCUT2D eigenvalue weighted by Crippen LogP contribution is 2.26. The second kappa shape index (κ2) is 6.85. The van der Waals surface area contributed by atoms with Gasteiger partial charge in [0, 0.05) is 5.56 Å². The molecule has 2 aromatic heterocycles. The molecule has 0 spiro atoms. The molecule has 2 aromatic carbocycles. The van der Waals surface area contributed by atoms with Crippen LogP contribution in [0.5, 0.6) is 11.8 Å². The number of hydrogen-bond donors (Lipinski definition) is 1. The third-order valence-electron chi connectivity index (χ3n) is 3.44. The van der Waals surface area contributed by atoms with Gasteiger partial charge in [0.1, 0.15) is 5.75 Å². The number of thiazole rings is 1. The molecule has 4 aromatic rings. The van der Waals surface area contributed by atoms with Gasteiger partial charge in [-0.2, -0.15) is 0 Å². The predicted molar refractivity (Wildman–Crippen MR) is 96.1 cm³/mol. The van der Waals surface area contributed by atoms with Crippen LogP contribution in [0.3, 0.4) is 0 Å². The van der Waals surface area contributed by atoms with Crippen LogP contribution < -0.4 is 10.1 Å². The summed E-state index contributed by atoms with van der Waals surface area (Å²) in [6.45, 7) is 0. The largest absolute Gasteiger partial charge is 0.424 e. The van der Waals surface area contributed by atoms with Crippen LogP contribution >= 0.6 is 11.3 Å². The number of anilines is 1. The van der Waals surface area contributed by atoms with Crippen LogP contribution in [-0.2, 0) is 0 Å². The molecule has 128 valence electrons. The number of halogens is 1. The van der Waals surface area contributed by atoms with Gasteiger partial charge in [-0.05, 0) is 36.4 Å². The average Bonchev–Trinajstić information content (AvgIpc) is 3.06. The molecule has 0 aliphatic carbocycles. The number of nitrogens with zero attached hydrogens (tertiary/aromatic N) is 3. The monoisotopic (exact) mass is 366 g/mol. The molecule has 0 aliphatic rings. The summed E-state index contributed by atoms with van der Waals surface area (Å²) in [5.41, 5.74) is 1.30. The SMILES string of the molecule is O=C(Nc1nc2ccccc2s1)c1ccc(Oc2ncc(F)cn2)cc1. The first-order valence-electron chi connectivity index (χ1n) is 7.60. The van der Waals surface area contributed by atoms with Crippen molar-refractivity contribution in [2.24, 2.45) is 0 Å². The summed E-state index contributed by atoms with van der Waals surface area (Å²) >= 11 is 1.41. The first-order chi connectivity index (χ1) is 12.7. The van der Waals surface area contributed by atoms with Crippen LogP contribution in [0.4, 0.5) is 9.52 Å². The van der Waals surface area contributed by atoms with Gasteiger partial charge in [-0.1, -0.05) is 23.5 Å². The third kappa shape index (κ3) is 3.50. The van der Waals surface area contributed by atoms with Gasteiger partial charge in [0.2, 0.25) is 0 Å². The molecule has 0 fully saturated rings. The summed E-state index contributed by atoms with van der Waals surface area (Å²) in [4.78, 5) is 24.1. The van der Waals surface area contributed by atoms with Crippen LogP contribution in [0.2, 0.25) is 0 Å². The van der Waals surface area contributed by atoms with Gasteiger partial charge in [-0.15, -0.1) is 0 Å². The van der Waals surface area contributed by atoms with Gasteiger partial charge in [-0.3, -0.25) is 10.1 Å². The standard InChI is InChI=1S/C18H11FN4O2S/c19-12-9-20-17(21-10-12)25-13-7-5-11(6-8-13)16(24)23-18-22-14-3-1-2-4-15(14)26-18/h1-10H,(H,22,23,24). The molecule has 0 saturated heterocycles. The molecule has 0 aliphatic heterocycles. The molecule has 0 radical (unpaired) electrons. The van der Waals surface area contributed by atoms with Gasteiger partial charge in [0.15, 0.2) is 10.9 Å². The zero-order chi connectivity index (χ0) is 17.9. The summed E-state index contributed by atoms with van der Waals surface area (Å²) in [5, 5.41) is 3.32. The van der Waals surface area contributed by atoms with Crippen LogP contribution in [-0.4, -0.2) is 20.9 Å². The average molecular weight is 366 g/mol. The highest BCUT2D eigenvalue weighted by molar-refractivity contribution is 7.22. The quantitative estimate of drug-likeness (QED) is 0.584. The molecular weight excluding hydrogens is 355 g/mol.